The van der Waals surface area contributed by atoms with Crippen LogP contribution in [0.1, 0.15) is 61.5 Å². The fourth-order valence-electron chi connectivity index (χ4n) is 5.15. The average molecular weight is 345 g/mol. The van der Waals surface area contributed by atoms with Gasteiger partial charge >= 0.3 is 0 Å². The van der Waals surface area contributed by atoms with E-state index < -0.39 is 0 Å². The molecule has 4 heteroatoms. The van der Waals surface area contributed by atoms with E-state index in [-0.39, 0.29) is 5.91 Å². The number of hydrogen-bond donors (Lipinski definition) is 1. The van der Waals surface area contributed by atoms with Crippen LogP contribution in [-0.4, -0.2) is 10.5 Å². The molecule has 3 aliphatic carbocycles. The number of primary amides is 1. The van der Waals surface area contributed by atoms with Crippen LogP contribution in [0.4, 0.5) is 0 Å². The summed E-state index contributed by atoms with van der Waals surface area (Å²) < 4.78 is 2.26. The van der Waals surface area contributed by atoms with Crippen molar-refractivity contribution in [2.24, 2.45) is 17.1 Å². The molecule has 2 aromatic rings. The minimum absolute atomic E-state index is 0.314. The van der Waals surface area contributed by atoms with Gasteiger partial charge in [-0.25, -0.2) is 0 Å². The fourth-order valence-corrected chi connectivity index (χ4v) is 5.32. The van der Waals surface area contributed by atoms with E-state index in [9.17, 15) is 4.79 Å². The highest BCUT2D eigenvalue weighted by Crippen LogP contribution is 2.52. The van der Waals surface area contributed by atoms with Gasteiger partial charge in [0.2, 0.25) is 0 Å². The summed E-state index contributed by atoms with van der Waals surface area (Å²) >= 11 is 6.21. The van der Waals surface area contributed by atoms with E-state index in [1.165, 1.54) is 38.5 Å². The average Bonchev–Trinajstić information content (AvgIpc) is 2.88. The number of aryl methyl sites for hydroxylation is 1. The van der Waals surface area contributed by atoms with E-state index in [1.807, 2.05) is 18.2 Å². The molecule has 0 unspecified atom stereocenters. The standard InChI is InChI=1S/C20H25ClN2O/c1-2-23-16-11-14(21)3-4-15(16)18(19(22)24)17(23)12-20-8-5-13(6-9-20)7-10-20/h3-4,11,13H,2,5-10,12H2,1H3,(H2,22,24). The highest BCUT2D eigenvalue weighted by Gasteiger charge is 2.41. The number of nitrogens with two attached hydrogens (primary N) is 1. The van der Waals surface area contributed by atoms with Gasteiger partial charge in [-0.05, 0) is 75.3 Å². The number of carbonyl (C=O) groups excluding carboxylic acids is 1. The van der Waals surface area contributed by atoms with Crippen LogP contribution in [0.25, 0.3) is 10.9 Å². The Morgan fingerprint density at radius 1 is 1.29 bits per heavy atom. The molecule has 128 valence electrons. The van der Waals surface area contributed by atoms with Crippen molar-refractivity contribution in [2.45, 2.75) is 58.4 Å². The monoisotopic (exact) mass is 344 g/mol. The predicted octanol–water partition coefficient (Wildman–Crippen LogP) is 4.93. The Labute approximate surface area is 148 Å². The molecule has 3 saturated carbocycles. The van der Waals surface area contributed by atoms with Gasteiger partial charge in [-0.15, -0.1) is 0 Å². The molecule has 0 atom stereocenters. The van der Waals surface area contributed by atoms with Crippen LogP contribution in [0.3, 0.4) is 0 Å². The Balaban J connectivity index is 1.87. The van der Waals surface area contributed by atoms with Crippen molar-refractivity contribution >= 4 is 28.4 Å². The molecule has 0 aliphatic heterocycles. The first-order valence-corrected chi connectivity index (χ1v) is 9.51. The van der Waals surface area contributed by atoms with Crippen LogP contribution >= 0.6 is 11.6 Å². The van der Waals surface area contributed by atoms with Crippen LogP contribution < -0.4 is 5.73 Å². The zero-order valence-electron chi connectivity index (χ0n) is 14.3. The Bertz CT molecular complexity index is 786. The lowest BCUT2D eigenvalue weighted by Crippen LogP contribution is -2.36. The molecule has 0 radical (unpaired) electrons. The van der Waals surface area contributed by atoms with Gasteiger partial charge in [-0.3, -0.25) is 4.79 Å². The van der Waals surface area contributed by atoms with Gasteiger partial charge in [0.15, 0.2) is 0 Å². The molecule has 5 rings (SSSR count). The molecule has 3 aliphatic rings. The maximum absolute atomic E-state index is 12.3. The first-order chi connectivity index (χ1) is 11.5. The molecule has 0 spiro atoms. The maximum atomic E-state index is 12.3. The number of fused-ring (bicyclic) bond motifs is 4. The smallest absolute Gasteiger partial charge is 0.251 e. The number of hydrogen-bond acceptors (Lipinski definition) is 1. The molecule has 1 amide bonds. The summed E-state index contributed by atoms with van der Waals surface area (Å²) in [5.41, 5.74) is 9.04. The topological polar surface area (TPSA) is 48.0 Å². The maximum Gasteiger partial charge on any atom is 0.251 e. The van der Waals surface area contributed by atoms with E-state index in [0.29, 0.717) is 16.0 Å². The van der Waals surface area contributed by atoms with Crippen LogP contribution in [-0.2, 0) is 13.0 Å². The van der Waals surface area contributed by atoms with Gasteiger partial charge < -0.3 is 10.3 Å². The molecule has 1 aromatic carbocycles. The summed E-state index contributed by atoms with van der Waals surface area (Å²) in [7, 11) is 0. The second-order valence-electron chi connectivity index (χ2n) is 7.75. The van der Waals surface area contributed by atoms with Gasteiger partial charge in [0.25, 0.3) is 5.91 Å². The third-order valence-electron chi connectivity index (χ3n) is 6.49. The molecule has 3 nitrogen and oxygen atoms in total. The third kappa shape index (κ3) is 2.45. The highest BCUT2D eigenvalue weighted by atomic mass is 35.5. The van der Waals surface area contributed by atoms with E-state index in [0.717, 1.165) is 35.5 Å². The minimum atomic E-state index is -0.314. The van der Waals surface area contributed by atoms with Gasteiger partial charge in [0.1, 0.15) is 0 Å². The SMILES string of the molecule is CCn1c(CC23CCC(CC2)CC3)c(C(N)=O)c2ccc(Cl)cc21. The summed E-state index contributed by atoms with van der Waals surface area (Å²) in [6, 6.07) is 5.76. The van der Waals surface area contributed by atoms with Crippen LogP contribution in [0, 0.1) is 11.3 Å². The van der Waals surface area contributed by atoms with Crippen LogP contribution in [0.2, 0.25) is 5.02 Å². The van der Waals surface area contributed by atoms with Gasteiger partial charge in [0, 0.05) is 22.6 Å². The molecule has 3 fully saturated rings. The highest BCUT2D eigenvalue weighted by molar-refractivity contribution is 6.31. The molecule has 2 N–H and O–H groups in total. The van der Waals surface area contributed by atoms with Gasteiger partial charge in [-0.2, -0.15) is 0 Å². The first-order valence-electron chi connectivity index (χ1n) is 9.13. The number of carbonyl (C=O) groups is 1. The summed E-state index contributed by atoms with van der Waals surface area (Å²) in [6.07, 6.45) is 8.90. The fraction of sp³-hybridized carbons (Fsp3) is 0.550. The lowest BCUT2D eigenvalue weighted by atomic mass is 9.59. The van der Waals surface area contributed by atoms with Crippen molar-refractivity contribution in [1.29, 1.82) is 0 Å². The number of halogens is 1. The second-order valence-corrected chi connectivity index (χ2v) is 8.19. The molecular weight excluding hydrogens is 320 g/mol. The third-order valence-corrected chi connectivity index (χ3v) is 6.72. The normalized spacial score (nSPS) is 26.2. The van der Waals surface area contributed by atoms with E-state index in [1.54, 1.807) is 0 Å². The van der Waals surface area contributed by atoms with E-state index in [2.05, 4.69) is 11.5 Å². The van der Waals surface area contributed by atoms with Crippen molar-refractivity contribution in [3.05, 3.63) is 34.5 Å². The number of nitrogens with zero attached hydrogens (tertiary/aromatic N) is 1. The van der Waals surface area contributed by atoms with Gasteiger partial charge in [0.05, 0.1) is 11.1 Å². The van der Waals surface area contributed by atoms with Crippen LogP contribution in [0.5, 0.6) is 0 Å². The van der Waals surface area contributed by atoms with Crippen molar-refractivity contribution in [3.8, 4) is 0 Å². The second kappa shape index (κ2) is 5.80. The molecule has 24 heavy (non-hydrogen) atoms. The molecule has 1 heterocycles. The Hall–Kier alpha value is -1.48. The predicted molar refractivity (Wildman–Crippen MR) is 98.5 cm³/mol. The zero-order chi connectivity index (χ0) is 16.9. The number of benzene rings is 1. The number of amides is 1. The zero-order valence-corrected chi connectivity index (χ0v) is 15.0. The first kappa shape index (κ1) is 16.0. The van der Waals surface area contributed by atoms with Crippen molar-refractivity contribution in [1.82, 2.24) is 4.57 Å². The minimum Gasteiger partial charge on any atom is -0.366 e. The van der Waals surface area contributed by atoms with E-state index >= 15 is 0 Å². The quantitative estimate of drug-likeness (QED) is 0.840. The van der Waals surface area contributed by atoms with Gasteiger partial charge in [-0.1, -0.05) is 17.7 Å². The number of aromatic nitrogens is 1. The Morgan fingerprint density at radius 3 is 2.54 bits per heavy atom. The lowest BCUT2D eigenvalue weighted by molar-refractivity contribution is 0.0634. The van der Waals surface area contributed by atoms with Crippen molar-refractivity contribution < 1.29 is 4.79 Å². The van der Waals surface area contributed by atoms with Crippen molar-refractivity contribution in [2.75, 3.05) is 0 Å². The molecule has 0 saturated heterocycles. The summed E-state index contributed by atoms with van der Waals surface area (Å²) in [4.78, 5) is 12.3. The number of rotatable bonds is 4. The summed E-state index contributed by atoms with van der Waals surface area (Å²) in [5.74, 6) is 0.628. The Morgan fingerprint density at radius 2 is 1.96 bits per heavy atom. The summed E-state index contributed by atoms with van der Waals surface area (Å²) in [6.45, 7) is 2.96. The van der Waals surface area contributed by atoms with Crippen LogP contribution in [0.15, 0.2) is 18.2 Å². The largest absolute Gasteiger partial charge is 0.366 e. The van der Waals surface area contributed by atoms with E-state index in [4.69, 9.17) is 17.3 Å². The Kier molecular flexibility index (Phi) is 3.87. The lowest BCUT2D eigenvalue weighted by Gasteiger charge is -2.47. The van der Waals surface area contributed by atoms with Crippen molar-refractivity contribution in [3.63, 3.8) is 0 Å². The molecular formula is C20H25ClN2O. The molecule has 1 aromatic heterocycles. The summed E-state index contributed by atoms with van der Waals surface area (Å²) in [5, 5.41) is 1.65. The molecule has 2 bridgehead atoms.